The van der Waals surface area contributed by atoms with E-state index in [1.165, 1.54) is 34.2 Å². The largest absolute Gasteiger partial charge is 0.330 e. The number of hydrogen-bond acceptors (Lipinski definition) is 6. The van der Waals surface area contributed by atoms with Crippen LogP contribution in [0.2, 0.25) is 0 Å². The van der Waals surface area contributed by atoms with Crippen LogP contribution in [0.3, 0.4) is 0 Å². The van der Waals surface area contributed by atoms with Crippen molar-refractivity contribution in [1.29, 1.82) is 0 Å². The molecule has 1 heterocycles. The molecule has 0 fully saturated rings. The Morgan fingerprint density at radius 1 is 0.931 bits per heavy atom. The minimum Gasteiger partial charge on any atom is -0.330 e. The Kier molecular flexibility index (Phi) is 5.78. The fraction of sp³-hybridized carbons (Fsp3) is 0.136. The van der Waals surface area contributed by atoms with Crippen molar-refractivity contribution in [1.82, 2.24) is 10.2 Å². The van der Waals surface area contributed by atoms with Crippen molar-refractivity contribution in [2.24, 2.45) is 0 Å². The number of anilines is 3. The lowest BCUT2D eigenvalue weighted by Crippen LogP contribution is -2.13. The van der Waals surface area contributed by atoms with E-state index in [0.29, 0.717) is 5.13 Å². The van der Waals surface area contributed by atoms with E-state index >= 15 is 0 Å². The summed E-state index contributed by atoms with van der Waals surface area (Å²) in [5.41, 5.74) is 4.25. The second kappa shape index (κ2) is 8.63. The molecule has 0 radical (unpaired) electrons. The highest BCUT2D eigenvalue weighted by molar-refractivity contribution is 8.01. The average molecular weight is 421 g/mol. The number of rotatable bonds is 6. The van der Waals surface area contributed by atoms with Gasteiger partial charge in [0.2, 0.25) is 11.0 Å². The molecule has 3 aromatic carbocycles. The van der Waals surface area contributed by atoms with Gasteiger partial charge < -0.3 is 10.6 Å². The number of aromatic nitrogens is 2. The van der Waals surface area contributed by atoms with Gasteiger partial charge in [-0.05, 0) is 60.0 Å². The van der Waals surface area contributed by atoms with E-state index in [0.717, 1.165) is 26.5 Å². The Morgan fingerprint density at radius 3 is 2.55 bits per heavy atom. The zero-order chi connectivity index (χ0) is 20.2. The van der Waals surface area contributed by atoms with E-state index in [4.69, 9.17) is 0 Å². The van der Waals surface area contributed by atoms with Crippen LogP contribution in [0.25, 0.3) is 10.8 Å². The van der Waals surface area contributed by atoms with Gasteiger partial charge in [0.1, 0.15) is 0 Å². The summed E-state index contributed by atoms with van der Waals surface area (Å²) in [4.78, 5) is 12.3. The average Bonchev–Trinajstić information content (AvgIpc) is 3.16. The van der Waals surface area contributed by atoms with Crippen LogP contribution in [0.1, 0.15) is 11.1 Å². The van der Waals surface area contributed by atoms with Crippen LogP contribution in [0.5, 0.6) is 0 Å². The molecular formula is C22H20N4OS2. The first-order valence-corrected chi connectivity index (χ1v) is 11.0. The van der Waals surface area contributed by atoms with E-state index < -0.39 is 0 Å². The predicted octanol–water partition coefficient (Wildman–Crippen LogP) is 5.78. The summed E-state index contributed by atoms with van der Waals surface area (Å²) in [6.45, 7) is 4.16. The molecule has 5 nitrogen and oxygen atoms in total. The highest BCUT2D eigenvalue weighted by Crippen LogP contribution is 2.28. The van der Waals surface area contributed by atoms with Crippen LogP contribution >= 0.6 is 23.1 Å². The predicted molar refractivity (Wildman–Crippen MR) is 122 cm³/mol. The van der Waals surface area contributed by atoms with Crippen LogP contribution in [0.4, 0.5) is 16.5 Å². The highest BCUT2D eigenvalue weighted by Gasteiger charge is 2.09. The van der Waals surface area contributed by atoms with Gasteiger partial charge in [0.15, 0.2) is 4.34 Å². The number of nitrogens with zero attached hydrogens (tertiary/aromatic N) is 2. The lowest BCUT2D eigenvalue weighted by molar-refractivity contribution is -0.113. The number of nitrogens with one attached hydrogen (secondary N) is 2. The summed E-state index contributed by atoms with van der Waals surface area (Å²) in [5.74, 6) is 0.217. The molecule has 0 bridgehead atoms. The monoisotopic (exact) mass is 420 g/mol. The first kappa shape index (κ1) is 19.4. The topological polar surface area (TPSA) is 66.9 Å². The van der Waals surface area contributed by atoms with Crippen molar-refractivity contribution in [2.75, 3.05) is 16.4 Å². The Hall–Kier alpha value is -2.90. The number of benzene rings is 3. The maximum absolute atomic E-state index is 12.3. The third-order valence-corrected chi connectivity index (χ3v) is 6.50. The molecule has 29 heavy (non-hydrogen) atoms. The second-order valence-corrected chi connectivity index (χ2v) is 8.90. The normalized spacial score (nSPS) is 10.8. The molecule has 1 amide bonds. The summed E-state index contributed by atoms with van der Waals surface area (Å²) >= 11 is 2.82. The molecular weight excluding hydrogens is 400 g/mol. The molecule has 146 valence electrons. The highest BCUT2D eigenvalue weighted by atomic mass is 32.2. The van der Waals surface area contributed by atoms with Gasteiger partial charge in [0.05, 0.1) is 5.75 Å². The maximum Gasteiger partial charge on any atom is 0.234 e. The minimum atomic E-state index is -0.0656. The molecule has 2 N–H and O–H groups in total. The van der Waals surface area contributed by atoms with Crippen molar-refractivity contribution in [2.45, 2.75) is 18.2 Å². The third kappa shape index (κ3) is 4.93. The van der Waals surface area contributed by atoms with Gasteiger partial charge in [-0.15, -0.1) is 10.2 Å². The number of thioether (sulfide) groups is 1. The standard InChI is InChI=1S/C22H20N4OS2/c1-14-7-9-18(11-15(14)2)24-21-25-26-22(29-21)28-13-20(27)23-19-10-8-16-5-3-4-6-17(16)12-19/h3-12H,13H2,1-2H3,(H,23,27)(H,24,25). The van der Waals surface area contributed by atoms with E-state index in [1.807, 2.05) is 42.5 Å². The Morgan fingerprint density at radius 2 is 1.72 bits per heavy atom. The number of hydrogen-bond donors (Lipinski definition) is 2. The van der Waals surface area contributed by atoms with Crippen molar-refractivity contribution in [3.05, 3.63) is 71.8 Å². The van der Waals surface area contributed by atoms with E-state index in [-0.39, 0.29) is 11.7 Å². The first-order valence-electron chi connectivity index (χ1n) is 9.16. The Labute approximate surface area is 177 Å². The fourth-order valence-electron chi connectivity index (χ4n) is 2.85. The number of aryl methyl sites for hydroxylation is 2. The van der Waals surface area contributed by atoms with E-state index in [9.17, 15) is 4.79 Å². The van der Waals surface area contributed by atoms with Crippen LogP contribution in [-0.2, 0) is 4.79 Å². The zero-order valence-corrected chi connectivity index (χ0v) is 17.7. The molecule has 4 rings (SSSR count). The summed E-state index contributed by atoms with van der Waals surface area (Å²) in [6.07, 6.45) is 0. The number of carbonyl (C=O) groups excluding carboxylic acids is 1. The van der Waals surface area contributed by atoms with Gasteiger partial charge in [-0.2, -0.15) is 0 Å². The summed E-state index contributed by atoms with van der Waals surface area (Å²) in [6, 6.07) is 20.2. The molecule has 0 aliphatic heterocycles. The van der Waals surface area contributed by atoms with Gasteiger partial charge in [-0.1, -0.05) is 59.5 Å². The third-order valence-electron chi connectivity index (χ3n) is 4.52. The van der Waals surface area contributed by atoms with Crippen LogP contribution in [-0.4, -0.2) is 21.9 Å². The van der Waals surface area contributed by atoms with E-state index in [2.05, 4.69) is 52.9 Å². The van der Waals surface area contributed by atoms with Gasteiger partial charge in [0, 0.05) is 11.4 Å². The van der Waals surface area contributed by atoms with Crippen molar-refractivity contribution < 1.29 is 4.79 Å². The molecule has 0 aliphatic rings. The zero-order valence-electron chi connectivity index (χ0n) is 16.1. The van der Waals surface area contributed by atoms with Gasteiger partial charge in [-0.3, -0.25) is 4.79 Å². The molecule has 1 aromatic heterocycles. The summed E-state index contributed by atoms with van der Waals surface area (Å²) in [5, 5.41) is 17.5. The molecule has 0 atom stereocenters. The van der Waals surface area contributed by atoms with Gasteiger partial charge in [0.25, 0.3) is 0 Å². The lowest BCUT2D eigenvalue weighted by atomic mass is 10.1. The molecule has 0 aliphatic carbocycles. The Balaban J connectivity index is 1.32. The smallest absolute Gasteiger partial charge is 0.234 e. The SMILES string of the molecule is Cc1ccc(Nc2nnc(SCC(=O)Nc3ccc4ccccc4c3)s2)cc1C. The summed E-state index contributed by atoms with van der Waals surface area (Å²) < 4.78 is 0.755. The van der Waals surface area contributed by atoms with Crippen molar-refractivity contribution >= 4 is 56.3 Å². The van der Waals surface area contributed by atoms with Crippen molar-refractivity contribution in [3.63, 3.8) is 0 Å². The van der Waals surface area contributed by atoms with Crippen LogP contribution in [0, 0.1) is 13.8 Å². The maximum atomic E-state index is 12.3. The molecule has 0 unspecified atom stereocenters. The number of amides is 1. The molecule has 0 saturated heterocycles. The molecule has 0 spiro atoms. The van der Waals surface area contributed by atoms with Crippen molar-refractivity contribution in [3.8, 4) is 0 Å². The minimum absolute atomic E-state index is 0.0656. The number of carbonyl (C=O) groups is 1. The number of fused-ring (bicyclic) bond motifs is 1. The molecule has 4 aromatic rings. The van der Waals surface area contributed by atoms with Gasteiger partial charge in [-0.25, -0.2) is 0 Å². The molecule has 7 heteroatoms. The van der Waals surface area contributed by atoms with E-state index in [1.54, 1.807) is 0 Å². The second-order valence-electron chi connectivity index (χ2n) is 6.70. The van der Waals surface area contributed by atoms with Gasteiger partial charge >= 0.3 is 0 Å². The van der Waals surface area contributed by atoms with Crippen LogP contribution < -0.4 is 10.6 Å². The molecule has 0 saturated carbocycles. The fourth-order valence-corrected chi connectivity index (χ4v) is 4.42. The summed E-state index contributed by atoms with van der Waals surface area (Å²) in [7, 11) is 0. The quantitative estimate of drug-likeness (QED) is 0.387. The first-order chi connectivity index (χ1) is 14.1. The Bertz CT molecular complexity index is 1170. The van der Waals surface area contributed by atoms with Crippen LogP contribution in [0.15, 0.2) is 65.0 Å². The lowest BCUT2D eigenvalue weighted by Gasteiger charge is -2.06.